The largest absolute Gasteiger partial charge is 0.491 e. The predicted molar refractivity (Wildman–Crippen MR) is 63.4 cm³/mol. The zero-order chi connectivity index (χ0) is 13.0. The quantitative estimate of drug-likeness (QED) is 0.590. The molecule has 3 N–H and O–H groups in total. The lowest BCUT2D eigenvalue weighted by molar-refractivity contribution is -0.116. The molecular formula is C10H14BFN2O3. The third kappa shape index (κ3) is 4.14. The summed E-state index contributed by atoms with van der Waals surface area (Å²) in [5.74, 6) is -0.995. The van der Waals surface area contributed by atoms with Gasteiger partial charge in [-0.15, -0.1) is 0 Å². The molecule has 1 aromatic carbocycles. The van der Waals surface area contributed by atoms with Crippen LogP contribution < -0.4 is 10.8 Å². The first-order valence-corrected chi connectivity index (χ1v) is 5.00. The van der Waals surface area contributed by atoms with Crippen LogP contribution in [0.3, 0.4) is 0 Å². The molecule has 0 aliphatic rings. The van der Waals surface area contributed by atoms with Gasteiger partial charge in [-0.05, 0) is 32.3 Å². The van der Waals surface area contributed by atoms with Gasteiger partial charge in [-0.3, -0.25) is 4.79 Å². The van der Waals surface area contributed by atoms with E-state index in [9.17, 15) is 9.18 Å². The number of anilines is 1. The molecule has 0 aromatic heterocycles. The molecule has 0 saturated heterocycles. The molecule has 0 aliphatic carbocycles. The fourth-order valence-electron chi connectivity index (χ4n) is 1.31. The zero-order valence-electron chi connectivity index (χ0n) is 9.64. The Morgan fingerprint density at radius 2 is 2.12 bits per heavy atom. The lowest BCUT2D eigenvalue weighted by Gasteiger charge is -2.11. The summed E-state index contributed by atoms with van der Waals surface area (Å²) in [6, 6.07) is 3.61. The highest BCUT2D eigenvalue weighted by Gasteiger charge is 2.17. The Balaban J connectivity index is 2.79. The van der Waals surface area contributed by atoms with Crippen LogP contribution in [0, 0.1) is 5.82 Å². The number of carbonyl (C=O) groups is 1. The molecule has 1 rings (SSSR count). The topological polar surface area (TPSA) is 72.8 Å². The van der Waals surface area contributed by atoms with E-state index in [0.29, 0.717) is 5.69 Å². The van der Waals surface area contributed by atoms with Crippen molar-refractivity contribution in [3.05, 3.63) is 24.0 Å². The first kappa shape index (κ1) is 13.6. The summed E-state index contributed by atoms with van der Waals surface area (Å²) >= 11 is 0. The van der Waals surface area contributed by atoms with Crippen LogP contribution in [0.4, 0.5) is 10.1 Å². The summed E-state index contributed by atoms with van der Waals surface area (Å²) in [5.41, 5.74) is 0.0500. The Bertz CT molecular complexity index is 413. The minimum absolute atomic E-state index is 0.189. The highest BCUT2D eigenvalue weighted by Crippen LogP contribution is 2.07. The summed E-state index contributed by atoms with van der Waals surface area (Å²) in [6.07, 6.45) is 0. The number of nitrogens with zero attached hydrogens (tertiary/aromatic N) is 1. The number of benzene rings is 1. The molecule has 0 atom stereocenters. The highest BCUT2D eigenvalue weighted by molar-refractivity contribution is 6.58. The molecule has 0 unspecified atom stereocenters. The summed E-state index contributed by atoms with van der Waals surface area (Å²) in [7, 11) is 1.58. The Labute approximate surface area is 99.0 Å². The molecule has 1 aromatic rings. The lowest BCUT2D eigenvalue weighted by Crippen LogP contribution is -2.33. The van der Waals surface area contributed by atoms with Gasteiger partial charge in [0.1, 0.15) is 5.82 Å². The van der Waals surface area contributed by atoms with Crippen LogP contribution in [-0.4, -0.2) is 48.6 Å². The third-order valence-corrected chi connectivity index (χ3v) is 2.02. The highest BCUT2D eigenvalue weighted by atomic mass is 19.1. The van der Waals surface area contributed by atoms with Gasteiger partial charge in [-0.25, -0.2) is 4.39 Å². The predicted octanol–water partition coefficient (Wildman–Crippen LogP) is -0.994. The van der Waals surface area contributed by atoms with E-state index in [-0.39, 0.29) is 17.9 Å². The third-order valence-electron chi connectivity index (χ3n) is 2.02. The van der Waals surface area contributed by atoms with Crippen molar-refractivity contribution >= 4 is 24.2 Å². The van der Waals surface area contributed by atoms with Gasteiger partial charge in [0.2, 0.25) is 5.91 Å². The fourth-order valence-corrected chi connectivity index (χ4v) is 1.31. The number of likely N-dealkylation sites (N-methyl/N-ethyl adjacent to an activating group) is 1. The Morgan fingerprint density at radius 1 is 1.47 bits per heavy atom. The molecule has 0 saturated carbocycles. The van der Waals surface area contributed by atoms with Crippen molar-refractivity contribution in [1.29, 1.82) is 0 Å². The Morgan fingerprint density at radius 3 is 2.65 bits per heavy atom. The number of carbonyl (C=O) groups excluding carboxylic acids is 1. The Kier molecular flexibility index (Phi) is 4.62. The van der Waals surface area contributed by atoms with Crippen molar-refractivity contribution in [2.24, 2.45) is 0 Å². The second-order valence-corrected chi connectivity index (χ2v) is 3.90. The van der Waals surface area contributed by atoms with Crippen molar-refractivity contribution in [3.8, 4) is 0 Å². The van der Waals surface area contributed by atoms with Crippen LogP contribution >= 0.6 is 0 Å². The van der Waals surface area contributed by atoms with E-state index in [1.54, 1.807) is 19.0 Å². The van der Waals surface area contributed by atoms with Crippen molar-refractivity contribution in [2.45, 2.75) is 0 Å². The second kappa shape index (κ2) is 5.76. The van der Waals surface area contributed by atoms with Crippen LogP contribution in [0.15, 0.2) is 18.2 Å². The van der Waals surface area contributed by atoms with E-state index in [1.165, 1.54) is 12.1 Å². The van der Waals surface area contributed by atoms with E-state index < -0.39 is 12.9 Å². The van der Waals surface area contributed by atoms with Gasteiger partial charge in [0.25, 0.3) is 0 Å². The first-order valence-electron chi connectivity index (χ1n) is 5.00. The minimum Gasteiger partial charge on any atom is -0.423 e. The van der Waals surface area contributed by atoms with Crippen molar-refractivity contribution < 1.29 is 19.2 Å². The van der Waals surface area contributed by atoms with Gasteiger partial charge in [-0.1, -0.05) is 0 Å². The van der Waals surface area contributed by atoms with Crippen molar-refractivity contribution in [3.63, 3.8) is 0 Å². The molecule has 0 heterocycles. The van der Waals surface area contributed by atoms with E-state index >= 15 is 0 Å². The van der Waals surface area contributed by atoms with Crippen LogP contribution in [0.25, 0.3) is 0 Å². The number of hydrogen-bond acceptors (Lipinski definition) is 4. The van der Waals surface area contributed by atoms with E-state index in [1.807, 2.05) is 0 Å². The number of amides is 1. The summed E-state index contributed by atoms with van der Waals surface area (Å²) < 4.78 is 13.1. The average molecular weight is 240 g/mol. The maximum atomic E-state index is 13.1. The van der Waals surface area contributed by atoms with Crippen molar-refractivity contribution in [2.75, 3.05) is 26.0 Å². The lowest BCUT2D eigenvalue weighted by atomic mass is 9.79. The maximum Gasteiger partial charge on any atom is 0.491 e. The van der Waals surface area contributed by atoms with Gasteiger partial charge < -0.3 is 20.3 Å². The van der Waals surface area contributed by atoms with Crippen LogP contribution in [0.2, 0.25) is 0 Å². The fraction of sp³-hybridized carbons (Fsp3) is 0.300. The molecule has 0 fully saturated rings. The van der Waals surface area contributed by atoms with Gasteiger partial charge in [0, 0.05) is 11.2 Å². The molecule has 0 aliphatic heterocycles. The molecule has 5 nitrogen and oxygen atoms in total. The van der Waals surface area contributed by atoms with E-state index in [0.717, 1.165) is 6.07 Å². The second-order valence-electron chi connectivity index (χ2n) is 3.90. The number of halogens is 1. The first-order chi connectivity index (χ1) is 7.90. The molecule has 0 radical (unpaired) electrons. The average Bonchev–Trinajstić information content (AvgIpc) is 2.19. The molecule has 0 bridgehead atoms. The Hall–Kier alpha value is -1.44. The number of hydrogen-bond donors (Lipinski definition) is 3. The molecular weight excluding hydrogens is 226 g/mol. The standard InChI is InChI=1S/C10H14BFN2O3/c1-14(2)6-10(15)13-7-3-4-9(12)8(5-7)11(16)17/h3-5,16-17H,6H2,1-2H3,(H,13,15). The van der Waals surface area contributed by atoms with Gasteiger partial charge >= 0.3 is 7.12 Å². The monoisotopic (exact) mass is 240 g/mol. The number of rotatable bonds is 4. The number of nitrogens with one attached hydrogen (secondary N) is 1. The summed E-state index contributed by atoms with van der Waals surface area (Å²) in [5, 5.41) is 20.3. The SMILES string of the molecule is CN(C)CC(=O)Nc1ccc(F)c(B(O)O)c1. The minimum atomic E-state index is -1.90. The normalized spacial score (nSPS) is 10.5. The maximum absolute atomic E-state index is 13.1. The van der Waals surface area contributed by atoms with Crippen LogP contribution in [0.5, 0.6) is 0 Å². The van der Waals surface area contributed by atoms with Crippen LogP contribution in [0.1, 0.15) is 0 Å². The summed E-state index contributed by atoms with van der Waals surface area (Å²) in [4.78, 5) is 13.1. The molecule has 7 heteroatoms. The summed E-state index contributed by atoms with van der Waals surface area (Å²) in [6.45, 7) is 0.189. The van der Waals surface area contributed by atoms with Gasteiger partial charge in [0.15, 0.2) is 0 Å². The molecule has 17 heavy (non-hydrogen) atoms. The van der Waals surface area contributed by atoms with E-state index in [2.05, 4.69) is 5.32 Å². The van der Waals surface area contributed by atoms with E-state index in [4.69, 9.17) is 10.0 Å². The molecule has 0 spiro atoms. The zero-order valence-corrected chi connectivity index (χ0v) is 9.64. The molecule has 92 valence electrons. The smallest absolute Gasteiger partial charge is 0.423 e. The molecule has 1 amide bonds. The van der Waals surface area contributed by atoms with Gasteiger partial charge in [-0.2, -0.15) is 0 Å². The van der Waals surface area contributed by atoms with Gasteiger partial charge in [0.05, 0.1) is 6.54 Å². The van der Waals surface area contributed by atoms with Crippen LogP contribution in [-0.2, 0) is 4.79 Å². The van der Waals surface area contributed by atoms with Crippen molar-refractivity contribution in [1.82, 2.24) is 4.90 Å².